The van der Waals surface area contributed by atoms with Crippen LogP contribution in [0.15, 0.2) is 10.5 Å². The summed E-state index contributed by atoms with van der Waals surface area (Å²) in [7, 11) is 0. The highest BCUT2D eigenvalue weighted by atomic mass is 16.3. The molecule has 0 aliphatic rings. The van der Waals surface area contributed by atoms with Gasteiger partial charge in [-0.1, -0.05) is 20.8 Å². The fourth-order valence-corrected chi connectivity index (χ4v) is 1.31. The van der Waals surface area contributed by atoms with Crippen LogP contribution in [0.3, 0.4) is 0 Å². The van der Waals surface area contributed by atoms with Gasteiger partial charge in [-0.2, -0.15) is 0 Å². The van der Waals surface area contributed by atoms with Crippen molar-refractivity contribution in [3.8, 4) is 0 Å². The second-order valence-electron chi connectivity index (χ2n) is 3.27. The molecular weight excluding hydrogens is 136 g/mol. The molecule has 0 aromatic carbocycles. The number of hydrogen-bond donors (Lipinski definition) is 0. The minimum Gasteiger partial charge on any atom is -0.466 e. The van der Waals surface area contributed by atoms with E-state index in [1.807, 2.05) is 0 Å². The van der Waals surface area contributed by atoms with Crippen molar-refractivity contribution in [3.05, 3.63) is 23.2 Å². The molecule has 0 unspecified atom stereocenters. The maximum atomic E-state index is 5.62. The smallest absolute Gasteiger partial charge is 0.109 e. The molecule has 0 fully saturated rings. The molecule has 0 atom stereocenters. The number of furan rings is 1. The molecule has 0 saturated carbocycles. The van der Waals surface area contributed by atoms with Crippen LogP contribution >= 0.6 is 0 Å². The minimum atomic E-state index is 0.510. The van der Waals surface area contributed by atoms with E-state index in [2.05, 4.69) is 33.8 Å². The maximum Gasteiger partial charge on any atom is 0.109 e. The first kappa shape index (κ1) is 8.38. The summed E-state index contributed by atoms with van der Waals surface area (Å²) in [6.45, 7) is 8.54. The molecule has 1 nitrogen and oxygen atoms in total. The van der Waals surface area contributed by atoms with Gasteiger partial charge in [-0.25, -0.2) is 0 Å². The first-order valence-electron chi connectivity index (χ1n) is 4.24. The Labute approximate surface area is 68.4 Å². The first-order chi connectivity index (χ1) is 5.15. The van der Waals surface area contributed by atoms with Gasteiger partial charge in [0.2, 0.25) is 0 Å². The van der Waals surface area contributed by atoms with Gasteiger partial charge in [0, 0.05) is 12.3 Å². The molecule has 1 rings (SSSR count). The molecular formula is C10H16O. The molecule has 1 heterocycles. The Hall–Kier alpha value is -0.720. The standard InChI is InChI=1S/C10H16O/c1-5-9-6-8(4)10(11-9)7(2)3/h6-7H,5H2,1-4H3. The molecule has 1 aromatic rings. The van der Waals surface area contributed by atoms with E-state index in [0.717, 1.165) is 17.9 Å². The van der Waals surface area contributed by atoms with Crippen molar-refractivity contribution < 1.29 is 4.42 Å². The van der Waals surface area contributed by atoms with Crippen molar-refractivity contribution in [1.82, 2.24) is 0 Å². The van der Waals surface area contributed by atoms with Crippen molar-refractivity contribution in [3.63, 3.8) is 0 Å². The zero-order valence-corrected chi connectivity index (χ0v) is 7.77. The average molecular weight is 152 g/mol. The van der Waals surface area contributed by atoms with Crippen LogP contribution in [-0.4, -0.2) is 0 Å². The topological polar surface area (TPSA) is 13.1 Å². The van der Waals surface area contributed by atoms with E-state index in [4.69, 9.17) is 4.42 Å². The highest BCUT2D eigenvalue weighted by Crippen LogP contribution is 2.22. The molecule has 0 N–H and O–H groups in total. The summed E-state index contributed by atoms with van der Waals surface area (Å²) in [4.78, 5) is 0. The Kier molecular flexibility index (Phi) is 2.38. The highest BCUT2D eigenvalue weighted by molar-refractivity contribution is 5.22. The molecule has 0 aliphatic carbocycles. The normalized spacial score (nSPS) is 11.0. The van der Waals surface area contributed by atoms with Gasteiger partial charge >= 0.3 is 0 Å². The summed E-state index contributed by atoms with van der Waals surface area (Å²) in [5.41, 5.74) is 1.29. The third-order valence-corrected chi connectivity index (χ3v) is 1.88. The van der Waals surface area contributed by atoms with E-state index in [0.29, 0.717) is 5.92 Å². The fraction of sp³-hybridized carbons (Fsp3) is 0.600. The number of hydrogen-bond acceptors (Lipinski definition) is 1. The second-order valence-corrected chi connectivity index (χ2v) is 3.27. The van der Waals surface area contributed by atoms with Crippen molar-refractivity contribution in [1.29, 1.82) is 0 Å². The van der Waals surface area contributed by atoms with Crippen LogP contribution < -0.4 is 0 Å². The SMILES string of the molecule is CCc1cc(C)c(C(C)C)o1. The van der Waals surface area contributed by atoms with Crippen LogP contribution in [0.25, 0.3) is 0 Å². The van der Waals surface area contributed by atoms with Gasteiger partial charge in [-0.15, -0.1) is 0 Å². The third-order valence-electron chi connectivity index (χ3n) is 1.88. The van der Waals surface area contributed by atoms with Gasteiger partial charge < -0.3 is 4.42 Å². The third kappa shape index (κ3) is 1.65. The van der Waals surface area contributed by atoms with Gasteiger partial charge in [-0.3, -0.25) is 0 Å². The molecule has 0 amide bonds. The van der Waals surface area contributed by atoms with Gasteiger partial charge in [-0.05, 0) is 18.6 Å². The fourth-order valence-electron chi connectivity index (χ4n) is 1.31. The van der Waals surface area contributed by atoms with Crippen LogP contribution in [0.1, 0.15) is 43.8 Å². The molecule has 0 radical (unpaired) electrons. The van der Waals surface area contributed by atoms with E-state index in [9.17, 15) is 0 Å². The zero-order valence-electron chi connectivity index (χ0n) is 7.77. The lowest BCUT2D eigenvalue weighted by Crippen LogP contribution is -1.85. The molecule has 62 valence electrons. The van der Waals surface area contributed by atoms with Crippen molar-refractivity contribution in [2.45, 2.75) is 40.0 Å². The molecule has 0 aliphatic heterocycles. The molecule has 0 spiro atoms. The van der Waals surface area contributed by atoms with Crippen LogP contribution in [0, 0.1) is 6.92 Å². The monoisotopic (exact) mass is 152 g/mol. The molecule has 0 saturated heterocycles. The van der Waals surface area contributed by atoms with E-state index in [-0.39, 0.29) is 0 Å². The summed E-state index contributed by atoms with van der Waals surface area (Å²) >= 11 is 0. The van der Waals surface area contributed by atoms with Crippen LogP contribution in [0.4, 0.5) is 0 Å². The second kappa shape index (κ2) is 3.12. The summed E-state index contributed by atoms with van der Waals surface area (Å²) in [5.74, 6) is 2.75. The van der Waals surface area contributed by atoms with E-state index >= 15 is 0 Å². The lowest BCUT2D eigenvalue weighted by Gasteiger charge is -2.00. The van der Waals surface area contributed by atoms with Gasteiger partial charge in [0.05, 0.1) is 0 Å². The van der Waals surface area contributed by atoms with Gasteiger partial charge in [0.25, 0.3) is 0 Å². The largest absolute Gasteiger partial charge is 0.466 e. The lowest BCUT2D eigenvalue weighted by atomic mass is 10.1. The van der Waals surface area contributed by atoms with Crippen molar-refractivity contribution >= 4 is 0 Å². The number of rotatable bonds is 2. The Morgan fingerprint density at radius 3 is 2.36 bits per heavy atom. The predicted molar refractivity (Wildman–Crippen MR) is 46.9 cm³/mol. The Balaban J connectivity index is 2.97. The maximum absolute atomic E-state index is 5.62. The van der Waals surface area contributed by atoms with Gasteiger partial charge in [0.15, 0.2) is 0 Å². The summed E-state index contributed by atoms with van der Waals surface area (Å²) in [6, 6.07) is 2.13. The summed E-state index contributed by atoms with van der Waals surface area (Å²) in [5, 5.41) is 0. The zero-order chi connectivity index (χ0) is 8.43. The van der Waals surface area contributed by atoms with Crippen LogP contribution in [-0.2, 0) is 6.42 Å². The first-order valence-corrected chi connectivity index (χ1v) is 4.24. The minimum absolute atomic E-state index is 0.510. The molecule has 0 bridgehead atoms. The van der Waals surface area contributed by atoms with E-state index in [1.165, 1.54) is 5.56 Å². The van der Waals surface area contributed by atoms with Crippen molar-refractivity contribution in [2.24, 2.45) is 0 Å². The summed E-state index contributed by atoms with van der Waals surface area (Å²) in [6.07, 6.45) is 0.994. The van der Waals surface area contributed by atoms with Crippen molar-refractivity contribution in [2.75, 3.05) is 0 Å². The Morgan fingerprint density at radius 2 is 2.09 bits per heavy atom. The predicted octanol–water partition coefficient (Wildman–Crippen LogP) is 3.27. The Bertz CT molecular complexity index is 233. The lowest BCUT2D eigenvalue weighted by molar-refractivity contribution is 0.449. The molecule has 1 aromatic heterocycles. The quantitative estimate of drug-likeness (QED) is 0.634. The average Bonchev–Trinajstić information content (AvgIpc) is 2.30. The van der Waals surface area contributed by atoms with Crippen LogP contribution in [0.2, 0.25) is 0 Å². The highest BCUT2D eigenvalue weighted by Gasteiger charge is 2.08. The summed E-state index contributed by atoms with van der Waals surface area (Å²) < 4.78 is 5.62. The van der Waals surface area contributed by atoms with Gasteiger partial charge in [0.1, 0.15) is 11.5 Å². The Morgan fingerprint density at radius 1 is 1.45 bits per heavy atom. The van der Waals surface area contributed by atoms with Crippen LogP contribution in [0.5, 0.6) is 0 Å². The molecule has 1 heteroatoms. The molecule has 11 heavy (non-hydrogen) atoms. The number of aryl methyl sites for hydroxylation is 2. The van der Waals surface area contributed by atoms with E-state index in [1.54, 1.807) is 0 Å². The van der Waals surface area contributed by atoms with E-state index < -0.39 is 0 Å².